The van der Waals surface area contributed by atoms with Crippen molar-refractivity contribution < 1.29 is 18.0 Å². The maximum absolute atomic E-state index is 10.0. The molecule has 0 fully saturated rings. The van der Waals surface area contributed by atoms with Gasteiger partial charge in [0.2, 0.25) is 0 Å². The van der Waals surface area contributed by atoms with Crippen molar-refractivity contribution in [1.29, 1.82) is 0 Å². The first-order valence-electron chi connectivity index (χ1n) is 3.09. The summed E-state index contributed by atoms with van der Waals surface area (Å²) in [5.74, 6) is 0. The lowest BCUT2D eigenvalue weighted by Crippen LogP contribution is -1.73. The van der Waals surface area contributed by atoms with Gasteiger partial charge in [0, 0.05) is 5.56 Å². The second kappa shape index (κ2) is 15.2. The van der Waals surface area contributed by atoms with Crippen LogP contribution in [0, 0.1) is 0 Å². The number of hydrogen-bond acceptors (Lipinski definition) is 1. The molecular weight excluding hydrogens is 205 g/mol. The van der Waals surface area contributed by atoms with Gasteiger partial charge in [-0.05, 0) is 0 Å². The molecule has 0 amide bonds. The average Bonchev–Trinajstić information content (AvgIpc) is 2.05. The molecule has 0 aliphatic rings. The first-order chi connectivity index (χ1) is 5.66. The summed E-state index contributed by atoms with van der Waals surface area (Å²) >= 11 is 0. The molecule has 0 aromatic heterocycles. The molecule has 1 aromatic rings. The van der Waals surface area contributed by atoms with Crippen molar-refractivity contribution >= 4 is 6.29 Å². The quantitative estimate of drug-likeness (QED) is 0.638. The molecule has 1 aromatic carbocycles. The summed E-state index contributed by atoms with van der Waals surface area (Å²) in [6, 6.07) is 9.10. The topological polar surface area (TPSA) is 17.1 Å². The lowest BCUT2D eigenvalue weighted by atomic mass is 10.2. The van der Waals surface area contributed by atoms with Crippen molar-refractivity contribution in [2.24, 2.45) is 0 Å². The van der Waals surface area contributed by atoms with E-state index in [-0.39, 0.29) is 22.3 Å². The Balaban J connectivity index is -0.0000000779. The van der Waals surface area contributed by atoms with E-state index in [1.54, 1.807) is 12.1 Å². The molecule has 0 aliphatic carbocycles. The number of carbonyl (C=O) groups is 1. The highest BCUT2D eigenvalue weighted by Crippen LogP contribution is 1.91. The minimum Gasteiger partial charge on any atom is -0.298 e. The number of rotatable bonds is 1. The van der Waals surface area contributed by atoms with Crippen LogP contribution in [0.2, 0.25) is 0 Å². The zero-order valence-electron chi connectivity index (χ0n) is 6.08. The van der Waals surface area contributed by atoms with Crippen LogP contribution in [-0.4, -0.2) is 13.0 Å². The van der Waals surface area contributed by atoms with Crippen LogP contribution in [0.3, 0.4) is 0 Å². The molecule has 4 heteroatoms. The van der Waals surface area contributed by atoms with Gasteiger partial charge in [-0.25, -0.2) is 0 Å². The molecule has 0 radical (unpaired) electrons. The Morgan fingerprint density at radius 3 is 1.47 bits per heavy atom. The Morgan fingerprint density at radius 2 is 1.27 bits per heavy atom. The highest BCUT2D eigenvalue weighted by molar-refractivity contribution is 5.74. The predicted octanol–water partition coefficient (Wildman–Crippen LogP) is 4.59. The Kier molecular flexibility index (Phi) is 23.7. The van der Waals surface area contributed by atoms with Crippen molar-refractivity contribution in [3.05, 3.63) is 35.9 Å². The van der Waals surface area contributed by atoms with Crippen LogP contribution >= 0.6 is 0 Å². The molecule has 0 aliphatic heterocycles. The summed E-state index contributed by atoms with van der Waals surface area (Å²) in [6.45, 7) is -3.67. The zero-order valence-corrected chi connectivity index (χ0v) is 6.08. The number of halogens is 3. The monoisotopic (exact) mass is 224 g/mol. The standard InChI is InChI=1S/C7H6O.CHF3.3CH4/c8-6-7-4-2-1-3-5-7;2-1(3)4;;;/h1-6H;1H;3*1H4. The summed E-state index contributed by atoms with van der Waals surface area (Å²) in [7, 11) is 0. The summed E-state index contributed by atoms with van der Waals surface area (Å²) in [5.41, 5.74) is 0.729. The maximum atomic E-state index is 10.0. The Morgan fingerprint density at radius 1 is 0.933 bits per heavy atom. The molecule has 0 saturated carbocycles. The van der Waals surface area contributed by atoms with Crippen LogP contribution in [0.25, 0.3) is 0 Å². The van der Waals surface area contributed by atoms with Gasteiger partial charge in [0.05, 0.1) is 0 Å². The Hall–Kier alpha value is -1.32. The second-order valence-corrected chi connectivity index (χ2v) is 1.78. The Labute approximate surface area is 89.9 Å². The van der Waals surface area contributed by atoms with E-state index in [9.17, 15) is 18.0 Å². The lowest BCUT2D eigenvalue weighted by molar-refractivity contribution is 0.00819. The number of aldehydes is 1. The van der Waals surface area contributed by atoms with E-state index in [0.29, 0.717) is 0 Å². The van der Waals surface area contributed by atoms with Crippen LogP contribution in [0.5, 0.6) is 0 Å². The minimum atomic E-state index is -3.67. The molecule has 0 heterocycles. The molecule has 0 N–H and O–H groups in total. The number of alkyl halides is 3. The lowest BCUT2D eigenvalue weighted by Gasteiger charge is -1.81. The van der Waals surface area contributed by atoms with E-state index in [1.165, 1.54) is 0 Å². The van der Waals surface area contributed by atoms with Crippen molar-refractivity contribution in [2.75, 3.05) is 0 Å². The highest BCUT2D eigenvalue weighted by Gasteiger charge is 1.86. The van der Waals surface area contributed by atoms with E-state index >= 15 is 0 Å². The predicted molar refractivity (Wildman–Crippen MR) is 59.1 cm³/mol. The van der Waals surface area contributed by atoms with Crippen molar-refractivity contribution in [2.45, 2.75) is 29.0 Å². The molecule has 15 heavy (non-hydrogen) atoms. The van der Waals surface area contributed by atoms with Gasteiger partial charge in [-0.1, -0.05) is 52.6 Å². The summed E-state index contributed by atoms with van der Waals surface area (Å²) in [6.07, 6.45) is 0.833. The third-order valence-electron chi connectivity index (χ3n) is 0.936. The zero-order chi connectivity index (χ0) is 9.40. The minimum absolute atomic E-state index is 0. The van der Waals surface area contributed by atoms with Gasteiger partial charge < -0.3 is 0 Å². The van der Waals surface area contributed by atoms with Gasteiger partial charge >= 0.3 is 6.68 Å². The van der Waals surface area contributed by atoms with Crippen molar-refractivity contribution in [3.8, 4) is 0 Å². The molecule has 0 saturated heterocycles. The summed E-state index contributed by atoms with van der Waals surface area (Å²) < 4.78 is 29.0. The van der Waals surface area contributed by atoms with Gasteiger partial charge in [0.1, 0.15) is 6.29 Å². The van der Waals surface area contributed by atoms with Crippen LogP contribution in [0.1, 0.15) is 32.6 Å². The Bertz CT molecular complexity index is 210. The van der Waals surface area contributed by atoms with E-state index in [4.69, 9.17) is 0 Å². The van der Waals surface area contributed by atoms with Gasteiger partial charge in [0.25, 0.3) is 0 Å². The van der Waals surface area contributed by atoms with E-state index in [0.717, 1.165) is 11.8 Å². The molecule has 90 valence electrons. The fourth-order valence-corrected chi connectivity index (χ4v) is 0.532. The van der Waals surface area contributed by atoms with Crippen LogP contribution in [-0.2, 0) is 0 Å². The number of carbonyl (C=O) groups excluding carboxylic acids is 1. The maximum Gasteiger partial charge on any atom is 0.379 e. The molecule has 0 unspecified atom stereocenters. The smallest absolute Gasteiger partial charge is 0.298 e. The molecule has 1 nitrogen and oxygen atoms in total. The number of benzene rings is 1. The fourth-order valence-electron chi connectivity index (χ4n) is 0.532. The normalized spacial score (nSPS) is 6.93. The van der Waals surface area contributed by atoms with Gasteiger partial charge in [-0.2, -0.15) is 13.2 Å². The van der Waals surface area contributed by atoms with E-state index < -0.39 is 6.68 Å². The third kappa shape index (κ3) is 19.2. The molecule has 1 rings (SSSR count). The van der Waals surface area contributed by atoms with Gasteiger partial charge in [0.15, 0.2) is 0 Å². The largest absolute Gasteiger partial charge is 0.379 e. The van der Waals surface area contributed by atoms with Crippen molar-refractivity contribution in [1.82, 2.24) is 0 Å². The van der Waals surface area contributed by atoms with Crippen LogP contribution in [0.15, 0.2) is 30.3 Å². The first-order valence-corrected chi connectivity index (χ1v) is 3.09. The molecule has 0 atom stereocenters. The fraction of sp³-hybridized carbons (Fsp3) is 0.364. The van der Waals surface area contributed by atoms with Gasteiger partial charge in [-0.15, -0.1) is 0 Å². The van der Waals surface area contributed by atoms with Crippen LogP contribution < -0.4 is 0 Å². The molecule has 0 bridgehead atoms. The van der Waals surface area contributed by atoms with E-state index in [1.807, 2.05) is 18.2 Å². The SMILES string of the molecule is C.C.C.FC(F)F.O=Cc1ccccc1. The summed E-state index contributed by atoms with van der Waals surface area (Å²) in [4.78, 5) is 10.0. The average molecular weight is 224 g/mol. The first kappa shape index (κ1) is 23.5. The molecular formula is C11H19F3O. The summed E-state index contributed by atoms with van der Waals surface area (Å²) in [5, 5.41) is 0. The van der Waals surface area contributed by atoms with E-state index in [2.05, 4.69) is 0 Å². The third-order valence-corrected chi connectivity index (χ3v) is 0.936. The molecule has 0 spiro atoms. The second-order valence-electron chi connectivity index (χ2n) is 1.78. The van der Waals surface area contributed by atoms with Gasteiger partial charge in [-0.3, -0.25) is 4.79 Å². The highest BCUT2D eigenvalue weighted by atomic mass is 19.4. The number of hydrogen-bond donors (Lipinski definition) is 0. The van der Waals surface area contributed by atoms with Crippen LogP contribution in [0.4, 0.5) is 13.2 Å². The van der Waals surface area contributed by atoms with Crippen molar-refractivity contribution in [3.63, 3.8) is 0 Å².